The molecule has 4 fully saturated rings. The van der Waals surface area contributed by atoms with Crippen LogP contribution in [0.1, 0.15) is 55.8 Å². The first-order valence-corrected chi connectivity index (χ1v) is 14.0. The van der Waals surface area contributed by atoms with Gasteiger partial charge in [-0.25, -0.2) is 0 Å². The largest absolute Gasteiger partial charge is 0.388 e. The maximum atomic E-state index is 13.8. The molecular formula is C28H40N4O5. The summed E-state index contributed by atoms with van der Waals surface area (Å²) in [5, 5.41) is 13.4. The highest BCUT2D eigenvalue weighted by atomic mass is 16.5. The zero-order chi connectivity index (χ0) is 25.9. The van der Waals surface area contributed by atoms with Crippen molar-refractivity contribution in [1.82, 2.24) is 15.1 Å². The second kappa shape index (κ2) is 11.5. The van der Waals surface area contributed by atoms with Gasteiger partial charge < -0.3 is 25.0 Å². The third kappa shape index (κ3) is 5.54. The van der Waals surface area contributed by atoms with E-state index in [-0.39, 0.29) is 36.7 Å². The van der Waals surface area contributed by atoms with Crippen LogP contribution in [0.4, 0.5) is 5.69 Å². The Morgan fingerprint density at radius 3 is 2.46 bits per heavy atom. The van der Waals surface area contributed by atoms with Gasteiger partial charge >= 0.3 is 0 Å². The Kier molecular flexibility index (Phi) is 8.12. The number of aliphatic hydroxyl groups is 1. The number of benzene rings is 1. The van der Waals surface area contributed by atoms with Gasteiger partial charge in [0.1, 0.15) is 30.9 Å². The summed E-state index contributed by atoms with van der Waals surface area (Å²) < 4.78 is 5.45. The SMILES string of the molecule is CCCN1CCN(c2ccc(C(=O)N[C@H](C(=O)N3C[C@@H](O)[C@H]4OCC(=O)[C@H]43)C3CCCCC3)cc2)CC1. The molecule has 3 heterocycles. The summed E-state index contributed by atoms with van der Waals surface area (Å²) in [5.41, 5.74) is 1.62. The first-order chi connectivity index (χ1) is 18.0. The van der Waals surface area contributed by atoms with E-state index in [0.29, 0.717) is 5.56 Å². The van der Waals surface area contributed by atoms with Crippen molar-refractivity contribution in [3.05, 3.63) is 29.8 Å². The Morgan fingerprint density at radius 2 is 1.78 bits per heavy atom. The molecule has 1 saturated carbocycles. The number of fused-ring (bicyclic) bond motifs is 1. The van der Waals surface area contributed by atoms with E-state index in [1.165, 1.54) is 4.90 Å². The molecule has 0 bridgehead atoms. The molecule has 1 aliphatic carbocycles. The molecule has 4 atom stereocenters. The van der Waals surface area contributed by atoms with Crippen molar-refractivity contribution in [2.75, 3.05) is 50.8 Å². The van der Waals surface area contributed by atoms with Crippen LogP contribution in [-0.4, -0.2) is 103 Å². The summed E-state index contributed by atoms with van der Waals surface area (Å²) in [4.78, 5) is 45.8. The topological polar surface area (TPSA) is 102 Å². The maximum Gasteiger partial charge on any atom is 0.251 e. The smallest absolute Gasteiger partial charge is 0.251 e. The average Bonchev–Trinajstić information content (AvgIpc) is 3.48. The first kappa shape index (κ1) is 26.1. The summed E-state index contributed by atoms with van der Waals surface area (Å²) in [6.07, 6.45) is 4.47. The number of carbonyl (C=O) groups is 3. The minimum Gasteiger partial charge on any atom is -0.388 e. The Labute approximate surface area is 219 Å². The highest BCUT2D eigenvalue weighted by Gasteiger charge is 2.53. The van der Waals surface area contributed by atoms with Gasteiger partial charge in [0.05, 0.1) is 6.54 Å². The van der Waals surface area contributed by atoms with Crippen molar-refractivity contribution in [2.45, 2.75) is 69.7 Å². The zero-order valence-electron chi connectivity index (χ0n) is 21.8. The van der Waals surface area contributed by atoms with Crippen LogP contribution in [0.5, 0.6) is 0 Å². The summed E-state index contributed by atoms with van der Waals surface area (Å²) in [6.45, 7) is 7.33. The number of hydrogen-bond donors (Lipinski definition) is 2. The number of carbonyl (C=O) groups excluding carboxylic acids is 3. The van der Waals surface area contributed by atoms with E-state index in [2.05, 4.69) is 22.0 Å². The molecule has 0 aromatic heterocycles. The number of anilines is 1. The quantitative estimate of drug-likeness (QED) is 0.570. The molecule has 202 valence electrons. The van der Waals surface area contributed by atoms with E-state index in [1.807, 2.05) is 24.3 Å². The lowest BCUT2D eigenvalue weighted by Crippen LogP contribution is -2.55. The normalized spacial score (nSPS) is 27.8. The van der Waals surface area contributed by atoms with Gasteiger partial charge in [-0.05, 0) is 56.0 Å². The highest BCUT2D eigenvalue weighted by Crippen LogP contribution is 2.32. The van der Waals surface area contributed by atoms with Crippen LogP contribution >= 0.6 is 0 Å². The molecule has 9 heteroatoms. The van der Waals surface area contributed by atoms with Crippen LogP contribution in [0.2, 0.25) is 0 Å². The van der Waals surface area contributed by atoms with Gasteiger partial charge in [0, 0.05) is 37.4 Å². The van der Waals surface area contributed by atoms with Gasteiger partial charge in [-0.2, -0.15) is 0 Å². The van der Waals surface area contributed by atoms with E-state index in [4.69, 9.17) is 4.74 Å². The molecular weight excluding hydrogens is 472 g/mol. The minimum atomic E-state index is -0.889. The molecule has 4 aliphatic rings. The first-order valence-electron chi connectivity index (χ1n) is 14.0. The summed E-state index contributed by atoms with van der Waals surface area (Å²) in [6, 6.07) is 6.14. The standard InChI is InChI=1S/C28H40N4O5/c1-2-12-30-13-15-31(16-14-30)21-10-8-20(9-11-21)27(35)29-24(19-6-4-3-5-7-19)28(36)32-17-22(33)26-25(32)23(34)18-37-26/h8-11,19,22,24-26,33H,2-7,12-18H2,1H3,(H,29,35)/t22-,24+,25-,26-/m1/s1. The molecule has 9 nitrogen and oxygen atoms in total. The third-order valence-electron chi connectivity index (χ3n) is 8.52. The number of likely N-dealkylation sites (tertiary alicyclic amines) is 1. The van der Waals surface area contributed by atoms with Crippen molar-refractivity contribution < 1.29 is 24.2 Å². The van der Waals surface area contributed by atoms with E-state index in [0.717, 1.165) is 76.9 Å². The van der Waals surface area contributed by atoms with Crippen LogP contribution < -0.4 is 10.2 Å². The Morgan fingerprint density at radius 1 is 1.08 bits per heavy atom. The Hall–Kier alpha value is -2.49. The van der Waals surface area contributed by atoms with Crippen molar-refractivity contribution in [3.8, 4) is 0 Å². The van der Waals surface area contributed by atoms with Crippen LogP contribution in [0.15, 0.2) is 24.3 Å². The predicted octanol–water partition coefficient (Wildman–Crippen LogP) is 1.44. The molecule has 2 amide bonds. The fourth-order valence-electron chi connectivity index (χ4n) is 6.48. The van der Waals surface area contributed by atoms with Crippen molar-refractivity contribution in [2.24, 2.45) is 5.92 Å². The monoisotopic (exact) mass is 512 g/mol. The Balaban J connectivity index is 1.27. The van der Waals surface area contributed by atoms with Gasteiger partial charge in [0.25, 0.3) is 5.91 Å². The Bertz CT molecular complexity index is 971. The maximum absolute atomic E-state index is 13.8. The molecule has 37 heavy (non-hydrogen) atoms. The summed E-state index contributed by atoms with van der Waals surface area (Å²) in [7, 11) is 0. The number of piperazine rings is 1. The summed E-state index contributed by atoms with van der Waals surface area (Å²) >= 11 is 0. The predicted molar refractivity (Wildman–Crippen MR) is 139 cm³/mol. The van der Waals surface area contributed by atoms with Crippen LogP contribution in [0, 0.1) is 5.92 Å². The van der Waals surface area contributed by atoms with Crippen LogP contribution in [0.3, 0.4) is 0 Å². The number of hydrogen-bond acceptors (Lipinski definition) is 7. The molecule has 2 N–H and O–H groups in total. The van der Waals surface area contributed by atoms with Gasteiger partial charge in [0.2, 0.25) is 5.91 Å². The van der Waals surface area contributed by atoms with Crippen molar-refractivity contribution in [1.29, 1.82) is 0 Å². The number of nitrogens with zero attached hydrogens (tertiary/aromatic N) is 3. The number of ketones is 1. The number of nitrogens with one attached hydrogen (secondary N) is 1. The lowest BCUT2D eigenvalue weighted by Gasteiger charge is -2.36. The van der Waals surface area contributed by atoms with Gasteiger partial charge in [0.15, 0.2) is 5.78 Å². The molecule has 3 aliphatic heterocycles. The second-order valence-electron chi connectivity index (χ2n) is 11.0. The fraction of sp³-hybridized carbons (Fsp3) is 0.679. The lowest BCUT2D eigenvalue weighted by molar-refractivity contribution is -0.139. The zero-order valence-corrected chi connectivity index (χ0v) is 21.8. The number of amides is 2. The van der Waals surface area contributed by atoms with Crippen LogP contribution in [0.25, 0.3) is 0 Å². The van der Waals surface area contributed by atoms with Crippen molar-refractivity contribution >= 4 is 23.3 Å². The third-order valence-corrected chi connectivity index (χ3v) is 8.52. The minimum absolute atomic E-state index is 0.0116. The number of β-amino-alcohol motifs (C(OH)–C–C–N with tert-alkyl or cyclic N) is 1. The van der Waals surface area contributed by atoms with Crippen LogP contribution in [-0.2, 0) is 14.3 Å². The highest BCUT2D eigenvalue weighted by molar-refractivity contribution is 5.99. The average molecular weight is 513 g/mol. The number of rotatable bonds is 7. The fourth-order valence-corrected chi connectivity index (χ4v) is 6.48. The lowest BCUT2D eigenvalue weighted by atomic mass is 9.83. The summed E-state index contributed by atoms with van der Waals surface area (Å²) in [5.74, 6) is -0.743. The number of aliphatic hydroxyl groups excluding tert-OH is 1. The van der Waals surface area contributed by atoms with Gasteiger partial charge in [-0.15, -0.1) is 0 Å². The molecule has 0 radical (unpaired) electrons. The van der Waals surface area contributed by atoms with E-state index < -0.39 is 24.3 Å². The molecule has 1 aromatic rings. The molecule has 0 spiro atoms. The van der Waals surface area contributed by atoms with Crippen molar-refractivity contribution in [3.63, 3.8) is 0 Å². The van der Waals surface area contributed by atoms with Gasteiger partial charge in [-0.3, -0.25) is 19.3 Å². The van der Waals surface area contributed by atoms with E-state index in [1.54, 1.807) is 0 Å². The van der Waals surface area contributed by atoms with E-state index in [9.17, 15) is 19.5 Å². The van der Waals surface area contributed by atoms with Gasteiger partial charge in [-0.1, -0.05) is 26.2 Å². The molecule has 0 unspecified atom stereocenters. The number of Topliss-reactive ketones (excluding diaryl/α,β-unsaturated/α-hetero) is 1. The number of ether oxygens (including phenoxy) is 1. The molecule has 1 aromatic carbocycles. The van der Waals surface area contributed by atoms with E-state index >= 15 is 0 Å². The molecule has 3 saturated heterocycles. The molecule has 5 rings (SSSR count). The second-order valence-corrected chi connectivity index (χ2v) is 11.0.